The van der Waals surface area contributed by atoms with Crippen LogP contribution in [0.1, 0.15) is 28.9 Å². The number of rotatable bonds is 4. The van der Waals surface area contributed by atoms with Crippen LogP contribution in [0, 0.1) is 10.1 Å². The molecule has 6 nitrogen and oxygen atoms in total. The number of carbonyl (C=O) groups excluding carboxylic acids is 1. The topological polar surface area (TPSA) is 75.5 Å². The maximum Gasteiger partial charge on any atom is 0.324 e. The Labute approximate surface area is 115 Å². The van der Waals surface area contributed by atoms with E-state index in [-0.39, 0.29) is 10.9 Å². The molecular weight excluding hydrogens is 266 g/mol. The van der Waals surface area contributed by atoms with E-state index in [1.54, 1.807) is 11.9 Å². The SMILES string of the molecule is CN(CC1CCCCN1)C(=O)c1ccc([N+](=O)[O-])s1. The van der Waals surface area contributed by atoms with E-state index < -0.39 is 4.92 Å². The Bertz CT molecular complexity index is 469. The molecule has 2 rings (SSSR count). The Kier molecular flexibility index (Phi) is 4.49. The summed E-state index contributed by atoms with van der Waals surface area (Å²) >= 11 is 0.929. The summed E-state index contributed by atoms with van der Waals surface area (Å²) in [4.78, 5) is 24.3. The lowest BCUT2D eigenvalue weighted by molar-refractivity contribution is -0.380. The molecule has 0 aromatic carbocycles. The van der Waals surface area contributed by atoms with Crippen LogP contribution < -0.4 is 5.32 Å². The number of hydrogen-bond donors (Lipinski definition) is 1. The van der Waals surface area contributed by atoms with Crippen molar-refractivity contribution in [2.75, 3.05) is 20.1 Å². The number of carbonyl (C=O) groups is 1. The Balaban J connectivity index is 1.95. The van der Waals surface area contributed by atoms with Crippen LogP contribution in [0.4, 0.5) is 5.00 Å². The summed E-state index contributed by atoms with van der Waals surface area (Å²) in [7, 11) is 1.74. The van der Waals surface area contributed by atoms with Gasteiger partial charge in [0.15, 0.2) is 0 Å². The molecule has 2 heterocycles. The van der Waals surface area contributed by atoms with E-state index in [2.05, 4.69) is 5.32 Å². The van der Waals surface area contributed by atoms with Gasteiger partial charge in [0.25, 0.3) is 5.91 Å². The van der Waals surface area contributed by atoms with E-state index in [1.165, 1.54) is 25.0 Å². The minimum atomic E-state index is -0.468. The number of likely N-dealkylation sites (N-methyl/N-ethyl adjacent to an activating group) is 1. The fourth-order valence-electron chi connectivity index (χ4n) is 2.22. The summed E-state index contributed by atoms with van der Waals surface area (Å²) < 4.78 is 0. The van der Waals surface area contributed by atoms with Gasteiger partial charge < -0.3 is 10.2 Å². The Hall–Kier alpha value is -1.47. The van der Waals surface area contributed by atoms with Gasteiger partial charge in [-0.2, -0.15) is 0 Å². The van der Waals surface area contributed by atoms with Gasteiger partial charge >= 0.3 is 5.00 Å². The van der Waals surface area contributed by atoms with E-state index in [4.69, 9.17) is 0 Å². The van der Waals surface area contributed by atoms with Crippen LogP contribution in [-0.4, -0.2) is 41.9 Å². The van der Waals surface area contributed by atoms with E-state index in [1.807, 2.05) is 0 Å². The zero-order valence-corrected chi connectivity index (χ0v) is 11.6. The molecule has 19 heavy (non-hydrogen) atoms. The number of amides is 1. The fraction of sp³-hybridized carbons (Fsp3) is 0.583. The first-order chi connectivity index (χ1) is 9.08. The zero-order chi connectivity index (χ0) is 13.8. The second-order valence-electron chi connectivity index (χ2n) is 4.73. The monoisotopic (exact) mass is 283 g/mol. The van der Waals surface area contributed by atoms with Gasteiger partial charge in [0, 0.05) is 25.7 Å². The molecule has 0 radical (unpaired) electrons. The molecule has 1 aromatic rings. The number of nitrogens with one attached hydrogen (secondary N) is 1. The molecule has 1 aliphatic heterocycles. The molecule has 0 aliphatic carbocycles. The molecule has 104 valence electrons. The van der Waals surface area contributed by atoms with Crippen LogP contribution in [0.2, 0.25) is 0 Å². The largest absolute Gasteiger partial charge is 0.339 e. The van der Waals surface area contributed by atoms with Crippen molar-refractivity contribution in [1.82, 2.24) is 10.2 Å². The fourth-order valence-corrected chi connectivity index (χ4v) is 3.04. The Morgan fingerprint density at radius 1 is 1.58 bits per heavy atom. The van der Waals surface area contributed by atoms with Crippen LogP contribution in [0.25, 0.3) is 0 Å². The van der Waals surface area contributed by atoms with Crippen LogP contribution in [0.15, 0.2) is 12.1 Å². The molecular formula is C12H17N3O3S. The average Bonchev–Trinajstić information content (AvgIpc) is 2.88. The molecule has 1 saturated heterocycles. The van der Waals surface area contributed by atoms with E-state index in [9.17, 15) is 14.9 Å². The van der Waals surface area contributed by atoms with Crippen molar-refractivity contribution < 1.29 is 9.72 Å². The first-order valence-corrected chi connectivity index (χ1v) is 7.12. The second-order valence-corrected chi connectivity index (χ2v) is 5.79. The van der Waals surface area contributed by atoms with Crippen molar-refractivity contribution in [3.63, 3.8) is 0 Å². The zero-order valence-electron chi connectivity index (χ0n) is 10.8. The van der Waals surface area contributed by atoms with Gasteiger partial charge in [-0.3, -0.25) is 14.9 Å². The van der Waals surface area contributed by atoms with E-state index in [0.29, 0.717) is 17.5 Å². The van der Waals surface area contributed by atoms with Gasteiger partial charge in [-0.05, 0) is 25.5 Å². The number of thiophene rings is 1. The lowest BCUT2D eigenvalue weighted by Gasteiger charge is -2.27. The van der Waals surface area contributed by atoms with Crippen molar-refractivity contribution in [3.05, 3.63) is 27.1 Å². The predicted molar refractivity (Wildman–Crippen MR) is 73.6 cm³/mol. The van der Waals surface area contributed by atoms with Gasteiger partial charge in [-0.15, -0.1) is 0 Å². The van der Waals surface area contributed by atoms with Gasteiger partial charge in [-0.1, -0.05) is 17.8 Å². The Morgan fingerprint density at radius 3 is 2.95 bits per heavy atom. The molecule has 0 bridgehead atoms. The Morgan fingerprint density at radius 2 is 2.37 bits per heavy atom. The van der Waals surface area contributed by atoms with Crippen LogP contribution in [-0.2, 0) is 0 Å². The van der Waals surface area contributed by atoms with Crippen molar-refractivity contribution in [1.29, 1.82) is 0 Å². The standard InChI is InChI=1S/C12H17N3O3S/c1-14(8-9-4-2-3-7-13-9)12(16)10-5-6-11(19-10)15(17)18/h5-6,9,13H,2-4,7-8H2,1H3. The summed E-state index contributed by atoms with van der Waals surface area (Å²) in [5.74, 6) is -0.148. The van der Waals surface area contributed by atoms with E-state index >= 15 is 0 Å². The molecule has 1 atom stereocenters. The number of hydrogen-bond acceptors (Lipinski definition) is 5. The van der Waals surface area contributed by atoms with Crippen LogP contribution in [0.5, 0.6) is 0 Å². The van der Waals surface area contributed by atoms with Crippen molar-refractivity contribution >= 4 is 22.2 Å². The van der Waals surface area contributed by atoms with Gasteiger partial charge in [0.2, 0.25) is 0 Å². The highest BCUT2D eigenvalue weighted by Crippen LogP contribution is 2.25. The van der Waals surface area contributed by atoms with E-state index in [0.717, 1.165) is 24.3 Å². The molecule has 7 heteroatoms. The third-order valence-electron chi connectivity index (χ3n) is 3.24. The minimum Gasteiger partial charge on any atom is -0.339 e. The normalized spacial score (nSPS) is 19.1. The first kappa shape index (κ1) is 14.0. The minimum absolute atomic E-state index is 0.00698. The smallest absolute Gasteiger partial charge is 0.324 e. The highest BCUT2D eigenvalue weighted by molar-refractivity contribution is 7.17. The number of nitrogens with zero attached hydrogens (tertiary/aromatic N) is 2. The molecule has 0 spiro atoms. The molecule has 1 unspecified atom stereocenters. The third-order valence-corrected chi connectivity index (χ3v) is 4.26. The maximum absolute atomic E-state index is 12.1. The van der Waals surface area contributed by atoms with Gasteiger partial charge in [0.1, 0.15) is 0 Å². The average molecular weight is 283 g/mol. The highest BCUT2D eigenvalue weighted by atomic mass is 32.1. The lowest BCUT2D eigenvalue weighted by Crippen LogP contribution is -2.44. The number of piperidine rings is 1. The molecule has 1 aromatic heterocycles. The predicted octanol–water partition coefficient (Wildman–Crippen LogP) is 1.87. The molecule has 1 fully saturated rings. The number of nitro groups is 1. The third kappa shape index (κ3) is 3.51. The molecule has 0 saturated carbocycles. The van der Waals surface area contributed by atoms with Crippen molar-refractivity contribution in [2.24, 2.45) is 0 Å². The molecule has 1 amide bonds. The summed E-state index contributed by atoms with van der Waals surface area (Å²) in [6.07, 6.45) is 3.44. The van der Waals surface area contributed by atoms with Gasteiger partial charge in [0.05, 0.1) is 9.80 Å². The van der Waals surface area contributed by atoms with Crippen LogP contribution >= 0.6 is 11.3 Å². The molecule has 1 aliphatic rings. The lowest BCUT2D eigenvalue weighted by atomic mass is 10.0. The quantitative estimate of drug-likeness (QED) is 0.676. The van der Waals surface area contributed by atoms with Crippen molar-refractivity contribution in [2.45, 2.75) is 25.3 Å². The van der Waals surface area contributed by atoms with Crippen LogP contribution in [0.3, 0.4) is 0 Å². The first-order valence-electron chi connectivity index (χ1n) is 6.31. The maximum atomic E-state index is 12.1. The summed E-state index contributed by atoms with van der Waals surface area (Å²) in [6, 6.07) is 3.23. The van der Waals surface area contributed by atoms with Crippen molar-refractivity contribution in [3.8, 4) is 0 Å². The summed E-state index contributed by atoms with van der Waals surface area (Å²) in [5.41, 5.74) is 0. The van der Waals surface area contributed by atoms with Gasteiger partial charge in [-0.25, -0.2) is 0 Å². The summed E-state index contributed by atoms with van der Waals surface area (Å²) in [5, 5.41) is 14.0. The second kappa shape index (κ2) is 6.12. The highest BCUT2D eigenvalue weighted by Gasteiger charge is 2.21. The summed E-state index contributed by atoms with van der Waals surface area (Å²) in [6.45, 7) is 1.64. The molecule has 1 N–H and O–H groups in total.